The number of hydrazone groups is 1. The van der Waals surface area contributed by atoms with Crippen LogP contribution in [0.25, 0.3) is 0 Å². The van der Waals surface area contributed by atoms with Crippen molar-refractivity contribution in [1.82, 2.24) is 15.0 Å². The minimum Gasteiger partial charge on any atom is -0.326 e. The summed E-state index contributed by atoms with van der Waals surface area (Å²) in [6.07, 6.45) is 5.03. The third kappa shape index (κ3) is 3.28. The fourth-order valence-corrected chi connectivity index (χ4v) is 1.48. The Morgan fingerprint density at radius 1 is 1.44 bits per heavy atom. The molecule has 2 rings (SSSR count). The maximum absolute atomic E-state index is 11.6. The van der Waals surface area contributed by atoms with Gasteiger partial charge in [-0.3, -0.25) is 4.79 Å². The van der Waals surface area contributed by atoms with Crippen LogP contribution in [-0.4, -0.2) is 21.7 Å². The van der Waals surface area contributed by atoms with Crippen LogP contribution in [0.1, 0.15) is 11.4 Å². The highest BCUT2D eigenvalue weighted by Crippen LogP contribution is 1.95. The minimum absolute atomic E-state index is 0.178. The van der Waals surface area contributed by atoms with Crippen molar-refractivity contribution in [3.8, 4) is 0 Å². The normalized spacial score (nSPS) is 10.7. The van der Waals surface area contributed by atoms with Crippen LogP contribution in [0, 0.1) is 6.92 Å². The number of nitrogens with one attached hydrogen (secondary N) is 1. The largest absolute Gasteiger partial charge is 0.326 e. The first-order valence-electron chi connectivity index (χ1n) is 5.60. The third-order valence-corrected chi connectivity index (χ3v) is 2.44. The van der Waals surface area contributed by atoms with Crippen molar-refractivity contribution in [2.45, 2.75) is 13.5 Å². The van der Waals surface area contributed by atoms with Gasteiger partial charge >= 0.3 is 0 Å². The molecule has 1 aromatic heterocycles. The van der Waals surface area contributed by atoms with Gasteiger partial charge in [0.15, 0.2) is 0 Å². The number of benzene rings is 1. The van der Waals surface area contributed by atoms with E-state index in [4.69, 9.17) is 0 Å². The summed E-state index contributed by atoms with van der Waals surface area (Å²) >= 11 is 0. The molecule has 2 aromatic rings. The molecule has 0 unspecified atom stereocenters. The lowest BCUT2D eigenvalue weighted by Crippen LogP contribution is -2.23. The summed E-state index contributed by atoms with van der Waals surface area (Å²) in [5, 5.41) is 3.89. The molecule has 0 atom stereocenters. The Kier molecular flexibility index (Phi) is 3.86. The topological polar surface area (TPSA) is 59.3 Å². The molecule has 0 saturated carbocycles. The molecular formula is C13H14N4O. The molecule has 0 aliphatic carbocycles. The molecule has 0 bridgehead atoms. The zero-order valence-electron chi connectivity index (χ0n) is 10.1. The van der Waals surface area contributed by atoms with E-state index in [9.17, 15) is 4.79 Å². The number of nitrogens with zero attached hydrogens (tertiary/aromatic N) is 3. The van der Waals surface area contributed by atoms with Crippen molar-refractivity contribution in [3.05, 3.63) is 54.1 Å². The molecule has 1 aromatic carbocycles. The van der Waals surface area contributed by atoms with E-state index in [0.29, 0.717) is 0 Å². The standard InChI is InChI=1S/C13H14N4O/c1-11-14-7-8-17(11)10-13(18)16-15-9-12-5-3-2-4-6-12/h2-9H,10H2,1H3,(H,16,18)/b15-9+. The van der Waals surface area contributed by atoms with Gasteiger partial charge < -0.3 is 4.57 Å². The van der Waals surface area contributed by atoms with Crippen molar-refractivity contribution in [3.63, 3.8) is 0 Å². The summed E-state index contributed by atoms with van der Waals surface area (Å²) in [7, 11) is 0. The monoisotopic (exact) mass is 242 g/mol. The Labute approximate surface area is 105 Å². The lowest BCUT2D eigenvalue weighted by atomic mass is 10.2. The van der Waals surface area contributed by atoms with E-state index < -0.39 is 0 Å². The molecule has 5 heteroatoms. The van der Waals surface area contributed by atoms with E-state index in [0.717, 1.165) is 11.4 Å². The van der Waals surface area contributed by atoms with Crippen molar-refractivity contribution in [2.75, 3.05) is 0 Å². The van der Waals surface area contributed by atoms with E-state index in [1.807, 2.05) is 37.3 Å². The van der Waals surface area contributed by atoms with E-state index in [1.54, 1.807) is 23.2 Å². The Hall–Kier alpha value is -2.43. The maximum Gasteiger partial charge on any atom is 0.260 e. The van der Waals surface area contributed by atoms with Crippen molar-refractivity contribution >= 4 is 12.1 Å². The summed E-state index contributed by atoms with van der Waals surface area (Å²) in [6.45, 7) is 2.07. The fourth-order valence-electron chi connectivity index (χ4n) is 1.48. The number of aryl methyl sites for hydroxylation is 1. The van der Waals surface area contributed by atoms with Crippen LogP contribution in [0.4, 0.5) is 0 Å². The van der Waals surface area contributed by atoms with Gasteiger partial charge in [-0.1, -0.05) is 30.3 Å². The lowest BCUT2D eigenvalue weighted by Gasteiger charge is -2.02. The summed E-state index contributed by atoms with van der Waals surface area (Å²) in [5.74, 6) is 0.625. The second-order valence-corrected chi connectivity index (χ2v) is 3.81. The van der Waals surface area contributed by atoms with Crippen LogP contribution < -0.4 is 5.43 Å². The molecule has 1 N–H and O–H groups in total. The molecule has 1 heterocycles. The molecule has 0 spiro atoms. The molecule has 0 aliphatic heterocycles. The van der Waals surface area contributed by atoms with Crippen molar-refractivity contribution < 1.29 is 4.79 Å². The fraction of sp³-hybridized carbons (Fsp3) is 0.154. The average molecular weight is 242 g/mol. The predicted molar refractivity (Wildman–Crippen MR) is 69.1 cm³/mol. The molecule has 0 saturated heterocycles. The van der Waals surface area contributed by atoms with E-state index in [1.165, 1.54) is 0 Å². The van der Waals surface area contributed by atoms with Gasteiger partial charge in [-0.2, -0.15) is 5.10 Å². The predicted octanol–water partition coefficient (Wildman–Crippen LogP) is 1.34. The van der Waals surface area contributed by atoms with Crippen LogP contribution in [-0.2, 0) is 11.3 Å². The van der Waals surface area contributed by atoms with Crippen LogP contribution in [0.15, 0.2) is 47.8 Å². The molecule has 0 radical (unpaired) electrons. The second-order valence-electron chi connectivity index (χ2n) is 3.81. The number of hydrogen-bond acceptors (Lipinski definition) is 3. The van der Waals surface area contributed by atoms with Crippen LogP contribution in [0.5, 0.6) is 0 Å². The Morgan fingerprint density at radius 3 is 2.89 bits per heavy atom. The van der Waals surface area contributed by atoms with Crippen LogP contribution >= 0.6 is 0 Å². The number of hydrogen-bond donors (Lipinski definition) is 1. The van der Waals surface area contributed by atoms with Gasteiger partial charge in [0.25, 0.3) is 5.91 Å². The van der Waals surface area contributed by atoms with Gasteiger partial charge in [0.05, 0.1) is 6.21 Å². The van der Waals surface area contributed by atoms with E-state index in [-0.39, 0.29) is 12.5 Å². The Bertz CT molecular complexity index is 545. The highest BCUT2D eigenvalue weighted by molar-refractivity contribution is 5.82. The maximum atomic E-state index is 11.6. The van der Waals surface area contributed by atoms with Crippen molar-refractivity contribution in [1.29, 1.82) is 0 Å². The van der Waals surface area contributed by atoms with Crippen LogP contribution in [0.2, 0.25) is 0 Å². The number of carbonyl (C=O) groups is 1. The SMILES string of the molecule is Cc1nccn1CC(=O)N/N=C/c1ccccc1. The highest BCUT2D eigenvalue weighted by Gasteiger charge is 2.02. The van der Waals surface area contributed by atoms with Crippen molar-refractivity contribution in [2.24, 2.45) is 5.10 Å². The molecule has 0 fully saturated rings. The first-order valence-corrected chi connectivity index (χ1v) is 5.60. The van der Waals surface area contributed by atoms with E-state index >= 15 is 0 Å². The summed E-state index contributed by atoms with van der Waals surface area (Å²) in [4.78, 5) is 15.6. The molecule has 5 nitrogen and oxygen atoms in total. The Morgan fingerprint density at radius 2 is 2.22 bits per heavy atom. The number of carbonyl (C=O) groups excluding carboxylic acids is 1. The summed E-state index contributed by atoms with van der Waals surface area (Å²) in [5.41, 5.74) is 3.42. The molecular weight excluding hydrogens is 228 g/mol. The summed E-state index contributed by atoms with van der Waals surface area (Å²) < 4.78 is 1.76. The van der Waals surface area contributed by atoms with Gasteiger partial charge in [0, 0.05) is 12.4 Å². The molecule has 92 valence electrons. The van der Waals surface area contributed by atoms with Gasteiger partial charge in [0.2, 0.25) is 0 Å². The number of imidazole rings is 1. The smallest absolute Gasteiger partial charge is 0.260 e. The quantitative estimate of drug-likeness (QED) is 0.649. The number of aromatic nitrogens is 2. The first kappa shape index (κ1) is 12.0. The lowest BCUT2D eigenvalue weighted by molar-refractivity contribution is -0.121. The number of rotatable bonds is 4. The van der Waals surface area contributed by atoms with E-state index in [2.05, 4.69) is 15.5 Å². The van der Waals surface area contributed by atoms with Gasteiger partial charge in [0.1, 0.15) is 12.4 Å². The summed E-state index contributed by atoms with van der Waals surface area (Å²) in [6, 6.07) is 9.58. The van der Waals surface area contributed by atoms with Crippen LogP contribution in [0.3, 0.4) is 0 Å². The average Bonchev–Trinajstić information content (AvgIpc) is 2.76. The molecule has 1 amide bonds. The first-order chi connectivity index (χ1) is 8.75. The zero-order valence-corrected chi connectivity index (χ0v) is 10.1. The Balaban J connectivity index is 1.86. The highest BCUT2D eigenvalue weighted by atomic mass is 16.2. The zero-order chi connectivity index (χ0) is 12.8. The minimum atomic E-state index is -0.178. The van der Waals surface area contributed by atoms with Gasteiger partial charge in [-0.25, -0.2) is 10.4 Å². The third-order valence-electron chi connectivity index (χ3n) is 2.44. The number of amides is 1. The van der Waals surface area contributed by atoms with Gasteiger partial charge in [-0.15, -0.1) is 0 Å². The second kappa shape index (κ2) is 5.77. The van der Waals surface area contributed by atoms with Gasteiger partial charge in [-0.05, 0) is 12.5 Å². The molecule has 0 aliphatic rings. The molecule has 18 heavy (non-hydrogen) atoms.